The predicted octanol–water partition coefficient (Wildman–Crippen LogP) is -0.800. The first-order chi connectivity index (χ1) is 14.5. The minimum atomic E-state index is -1.26. The number of nitrogens with zero attached hydrogens (tertiary/aromatic N) is 1. The highest BCUT2D eigenvalue weighted by Crippen LogP contribution is 2.19. The molecule has 0 aliphatic carbocycles. The van der Waals surface area contributed by atoms with Crippen molar-refractivity contribution in [3.05, 3.63) is 0 Å². The lowest BCUT2D eigenvalue weighted by molar-refractivity contribution is -0.144. The second-order valence-electron chi connectivity index (χ2n) is 7.68. The zero-order chi connectivity index (χ0) is 23.7. The van der Waals surface area contributed by atoms with E-state index >= 15 is 0 Å². The summed E-state index contributed by atoms with van der Waals surface area (Å²) in [6.45, 7) is 3.77. The van der Waals surface area contributed by atoms with Gasteiger partial charge in [0.1, 0.15) is 18.1 Å². The largest absolute Gasteiger partial charge is 0.481 e. The minimum absolute atomic E-state index is 0.111. The van der Waals surface area contributed by atoms with Gasteiger partial charge in [0.2, 0.25) is 17.7 Å². The molecule has 6 N–H and O–H groups in total. The van der Waals surface area contributed by atoms with Crippen LogP contribution in [0.15, 0.2) is 0 Å². The summed E-state index contributed by atoms with van der Waals surface area (Å²) in [5.74, 6) is -4.48. The van der Waals surface area contributed by atoms with Gasteiger partial charge in [-0.15, -0.1) is 0 Å². The third-order valence-electron chi connectivity index (χ3n) is 5.41. The number of carbonyl (C=O) groups excluding carboxylic acids is 3. The van der Waals surface area contributed by atoms with Gasteiger partial charge < -0.3 is 31.5 Å². The molecule has 0 aromatic carbocycles. The molecular formula is C19H32N4O7S. The van der Waals surface area contributed by atoms with Crippen LogP contribution in [-0.4, -0.2) is 81.2 Å². The molecule has 1 aliphatic heterocycles. The molecule has 0 radical (unpaired) electrons. The van der Waals surface area contributed by atoms with Crippen molar-refractivity contribution in [1.29, 1.82) is 0 Å². The number of amides is 3. The highest BCUT2D eigenvalue weighted by Gasteiger charge is 2.38. The van der Waals surface area contributed by atoms with Crippen molar-refractivity contribution in [1.82, 2.24) is 15.5 Å². The van der Waals surface area contributed by atoms with Crippen molar-refractivity contribution >= 4 is 42.3 Å². The van der Waals surface area contributed by atoms with Crippen LogP contribution in [0.2, 0.25) is 0 Å². The Balaban J connectivity index is 2.96. The first-order valence-electron chi connectivity index (χ1n) is 10.3. The van der Waals surface area contributed by atoms with Gasteiger partial charge in [-0.1, -0.05) is 20.3 Å². The highest BCUT2D eigenvalue weighted by molar-refractivity contribution is 7.80. The van der Waals surface area contributed by atoms with Crippen LogP contribution < -0.4 is 16.4 Å². The summed E-state index contributed by atoms with van der Waals surface area (Å²) >= 11 is 4.00. The summed E-state index contributed by atoms with van der Waals surface area (Å²) in [5, 5.41) is 23.3. The maximum atomic E-state index is 12.8. The first kappa shape index (κ1) is 26.7. The van der Waals surface area contributed by atoms with Crippen molar-refractivity contribution in [2.75, 3.05) is 12.3 Å². The number of carboxylic acid groups (broad SMARTS) is 2. The maximum Gasteiger partial charge on any atom is 0.326 e. The van der Waals surface area contributed by atoms with Crippen molar-refractivity contribution in [2.45, 2.75) is 70.1 Å². The van der Waals surface area contributed by atoms with Crippen molar-refractivity contribution in [3.63, 3.8) is 0 Å². The summed E-state index contributed by atoms with van der Waals surface area (Å²) in [7, 11) is 0. The van der Waals surface area contributed by atoms with Gasteiger partial charge in [-0.05, 0) is 25.2 Å². The fourth-order valence-corrected chi connectivity index (χ4v) is 3.49. The fraction of sp³-hybridized carbons (Fsp3) is 0.737. The molecule has 5 unspecified atom stereocenters. The van der Waals surface area contributed by atoms with Crippen molar-refractivity contribution in [2.24, 2.45) is 11.7 Å². The summed E-state index contributed by atoms with van der Waals surface area (Å²) in [5.41, 5.74) is 5.73. The topological polar surface area (TPSA) is 179 Å². The molecule has 1 fully saturated rings. The lowest BCUT2D eigenvalue weighted by Crippen LogP contribution is -2.57. The molecule has 11 nitrogen and oxygen atoms in total. The molecule has 0 aromatic heterocycles. The second kappa shape index (κ2) is 12.5. The highest BCUT2D eigenvalue weighted by atomic mass is 32.1. The summed E-state index contributed by atoms with van der Waals surface area (Å²) in [6.07, 6.45) is 0.806. The van der Waals surface area contributed by atoms with Gasteiger partial charge in [-0.2, -0.15) is 12.6 Å². The molecule has 0 aromatic rings. The van der Waals surface area contributed by atoms with E-state index in [0.29, 0.717) is 25.8 Å². The number of nitrogens with one attached hydrogen (secondary N) is 2. The van der Waals surface area contributed by atoms with E-state index in [4.69, 9.17) is 10.8 Å². The van der Waals surface area contributed by atoms with E-state index in [-0.39, 0.29) is 18.1 Å². The van der Waals surface area contributed by atoms with Crippen molar-refractivity contribution < 1.29 is 34.2 Å². The molecule has 1 aliphatic rings. The molecule has 0 spiro atoms. The van der Waals surface area contributed by atoms with E-state index in [1.165, 1.54) is 4.90 Å². The van der Waals surface area contributed by atoms with Crippen LogP contribution in [0.5, 0.6) is 0 Å². The van der Waals surface area contributed by atoms with Gasteiger partial charge in [0.05, 0.1) is 6.04 Å². The quantitative estimate of drug-likeness (QED) is 0.205. The van der Waals surface area contributed by atoms with Gasteiger partial charge in [-0.25, -0.2) is 4.79 Å². The molecule has 31 heavy (non-hydrogen) atoms. The van der Waals surface area contributed by atoms with E-state index in [1.54, 1.807) is 13.8 Å². The third kappa shape index (κ3) is 7.69. The van der Waals surface area contributed by atoms with E-state index in [0.717, 1.165) is 0 Å². The number of nitrogens with two attached hydrogens (primary N) is 1. The SMILES string of the molecule is CCC(C)C(NC(=O)C(CCC(=O)O)NC(=O)C1CCCN1C(=O)C(N)CS)C(=O)O. The fourth-order valence-electron chi connectivity index (χ4n) is 3.34. The normalized spacial score (nSPS) is 19.7. The Kier molecular flexibility index (Phi) is 10.8. The van der Waals surface area contributed by atoms with E-state index < -0.39 is 60.2 Å². The Hall–Kier alpha value is -2.34. The van der Waals surface area contributed by atoms with E-state index in [9.17, 15) is 29.1 Å². The second-order valence-corrected chi connectivity index (χ2v) is 8.05. The van der Waals surface area contributed by atoms with Gasteiger partial charge in [0, 0.05) is 18.7 Å². The first-order valence-corrected chi connectivity index (χ1v) is 10.9. The number of likely N-dealkylation sites (tertiary alicyclic amines) is 1. The van der Waals surface area contributed by atoms with E-state index in [2.05, 4.69) is 23.3 Å². The smallest absolute Gasteiger partial charge is 0.326 e. The Morgan fingerprint density at radius 3 is 2.35 bits per heavy atom. The molecule has 176 valence electrons. The van der Waals surface area contributed by atoms with Crippen LogP contribution >= 0.6 is 12.6 Å². The molecule has 3 amide bonds. The molecule has 0 bridgehead atoms. The summed E-state index contributed by atoms with van der Waals surface area (Å²) in [4.78, 5) is 61.8. The molecule has 12 heteroatoms. The molecule has 1 rings (SSSR count). The molecule has 0 saturated carbocycles. The Morgan fingerprint density at radius 1 is 1.19 bits per heavy atom. The number of hydrogen-bond donors (Lipinski definition) is 6. The summed E-state index contributed by atoms with van der Waals surface area (Å²) < 4.78 is 0. The standard InChI is InChI=1S/C19H32N4O7S/c1-3-10(2)15(19(29)30)22-16(26)12(6-7-14(24)25)21-17(27)13-5-4-8-23(13)18(28)11(20)9-31/h10-13,15,31H,3-9,20H2,1-2H3,(H,21,27)(H,22,26)(H,24,25)(H,29,30). The monoisotopic (exact) mass is 460 g/mol. The Morgan fingerprint density at radius 2 is 1.84 bits per heavy atom. The van der Waals surface area contributed by atoms with Gasteiger partial charge >= 0.3 is 11.9 Å². The van der Waals surface area contributed by atoms with Crippen LogP contribution in [0.4, 0.5) is 0 Å². The predicted molar refractivity (Wildman–Crippen MR) is 114 cm³/mol. The van der Waals surface area contributed by atoms with Crippen LogP contribution in [0.3, 0.4) is 0 Å². The number of thiol groups is 1. The van der Waals surface area contributed by atoms with Crippen LogP contribution in [0.25, 0.3) is 0 Å². The Bertz CT molecular complexity index is 690. The van der Waals surface area contributed by atoms with E-state index in [1.807, 2.05) is 0 Å². The zero-order valence-corrected chi connectivity index (χ0v) is 18.6. The van der Waals surface area contributed by atoms with Gasteiger partial charge in [0.25, 0.3) is 0 Å². The number of carboxylic acids is 2. The molecular weight excluding hydrogens is 428 g/mol. The summed E-state index contributed by atoms with van der Waals surface area (Å²) in [6, 6.07) is -4.15. The molecule has 1 heterocycles. The van der Waals surface area contributed by atoms with Crippen molar-refractivity contribution in [3.8, 4) is 0 Å². The number of carbonyl (C=O) groups is 5. The third-order valence-corrected chi connectivity index (χ3v) is 5.80. The average Bonchev–Trinajstić information content (AvgIpc) is 3.22. The molecule has 5 atom stereocenters. The average molecular weight is 461 g/mol. The van der Waals surface area contributed by atoms with Gasteiger partial charge in [0.15, 0.2) is 0 Å². The lowest BCUT2D eigenvalue weighted by atomic mass is 9.98. The number of rotatable bonds is 12. The molecule has 1 saturated heterocycles. The maximum absolute atomic E-state index is 12.8. The number of aliphatic carboxylic acids is 2. The lowest BCUT2D eigenvalue weighted by Gasteiger charge is -2.28. The van der Waals surface area contributed by atoms with Gasteiger partial charge in [-0.3, -0.25) is 19.2 Å². The minimum Gasteiger partial charge on any atom is -0.481 e. The number of hydrogen-bond acceptors (Lipinski definition) is 7. The Labute approximate surface area is 186 Å². The van der Waals surface area contributed by atoms with Crippen LogP contribution in [0.1, 0.15) is 46.0 Å². The van der Waals surface area contributed by atoms with Crippen LogP contribution in [0, 0.1) is 5.92 Å². The zero-order valence-electron chi connectivity index (χ0n) is 17.7. The van der Waals surface area contributed by atoms with Crippen LogP contribution in [-0.2, 0) is 24.0 Å².